The van der Waals surface area contributed by atoms with Crippen LogP contribution in [0.15, 0.2) is 54.6 Å². The van der Waals surface area contributed by atoms with E-state index in [9.17, 15) is 22.8 Å². The third-order valence-corrected chi connectivity index (χ3v) is 4.02. The lowest BCUT2D eigenvalue weighted by atomic mass is 10.0. The Morgan fingerprint density at radius 1 is 0.852 bits per heavy atom. The summed E-state index contributed by atoms with van der Waals surface area (Å²) in [5, 5.41) is 0. The second-order valence-corrected chi connectivity index (χ2v) is 6.16. The van der Waals surface area contributed by atoms with Gasteiger partial charge in [0.15, 0.2) is 5.78 Å². The van der Waals surface area contributed by atoms with Crippen LogP contribution in [0.1, 0.15) is 41.6 Å². The van der Waals surface area contributed by atoms with Gasteiger partial charge in [-0.25, -0.2) is 0 Å². The van der Waals surface area contributed by atoms with Crippen molar-refractivity contribution in [3.05, 3.63) is 65.7 Å². The van der Waals surface area contributed by atoms with Crippen LogP contribution >= 0.6 is 0 Å². The van der Waals surface area contributed by atoms with Gasteiger partial charge in [0.2, 0.25) is 5.78 Å². The van der Waals surface area contributed by atoms with Crippen LogP contribution in [0.25, 0.3) is 0 Å². The molecule has 6 heteroatoms. The van der Waals surface area contributed by atoms with Crippen LogP contribution in [-0.4, -0.2) is 24.3 Å². The van der Waals surface area contributed by atoms with E-state index < -0.39 is 18.4 Å². The molecule has 2 aromatic rings. The van der Waals surface area contributed by atoms with Gasteiger partial charge in [-0.05, 0) is 49.1 Å². The SMILES string of the molecule is O=C(CCCC(=O)C(F)(F)F)c1ccc(OCCCc2ccccc2)cc1. The highest BCUT2D eigenvalue weighted by Gasteiger charge is 2.37. The minimum absolute atomic E-state index is 0.0981. The van der Waals surface area contributed by atoms with Gasteiger partial charge in [-0.15, -0.1) is 0 Å². The van der Waals surface area contributed by atoms with Crippen LogP contribution in [0.5, 0.6) is 5.75 Å². The summed E-state index contributed by atoms with van der Waals surface area (Å²) in [5.41, 5.74) is 1.64. The fraction of sp³-hybridized carbons (Fsp3) is 0.333. The van der Waals surface area contributed by atoms with E-state index in [4.69, 9.17) is 4.74 Å². The maximum Gasteiger partial charge on any atom is 0.449 e. The molecule has 0 atom stereocenters. The molecule has 0 unspecified atom stereocenters. The average molecular weight is 378 g/mol. The number of carbonyl (C=O) groups is 2. The third kappa shape index (κ3) is 7.25. The zero-order valence-corrected chi connectivity index (χ0v) is 14.8. The highest BCUT2D eigenvalue weighted by Crippen LogP contribution is 2.20. The summed E-state index contributed by atoms with van der Waals surface area (Å²) in [6.45, 7) is 0.543. The first kappa shape index (κ1) is 20.7. The minimum atomic E-state index is -4.83. The monoisotopic (exact) mass is 378 g/mol. The number of ether oxygens (including phenoxy) is 1. The number of ketones is 2. The predicted octanol–water partition coefficient (Wildman–Crippen LogP) is 5.18. The van der Waals surface area contributed by atoms with Crippen molar-refractivity contribution in [1.82, 2.24) is 0 Å². The molecule has 0 aliphatic heterocycles. The molecule has 0 fully saturated rings. The minimum Gasteiger partial charge on any atom is -0.494 e. The molecule has 0 bridgehead atoms. The Kier molecular flexibility index (Phi) is 7.58. The summed E-state index contributed by atoms with van der Waals surface area (Å²) < 4.78 is 42.0. The Labute approximate surface area is 156 Å². The van der Waals surface area contributed by atoms with Crippen molar-refractivity contribution in [1.29, 1.82) is 0 Å². The summed E-state index contributed by atoms with van der Waals surface area (Å²) in [6.07, 6.45) is -3.94. The number of alkyl halides is 3. The average Bonchev–Trinajstić information content (AvgIpc) is 2.65. The third-order valence-electron chi connectivity index (χ3n) is 4.02. The molecule has 0 saturated carbocycles. The largest absolute Gasteiger partial charge is 0.494 e. The van der Waals surface area contributed by atoms with Crippen molar-refractivity contribution in [2.75, 3.05) is 6.61 Å². The first-order valence-electron chi connectivity index (χ1n) is 8.76. The summed E-state index contributed by atoms with van der Waals surface area (Å²) in [7, 11) is 0. The Morgan fingerprint density at radius 3 is 2.15 bits per heavy atom. The molecular weight excluding hydrogens is 357 g/mol. The highest BCUT2D eigenvalue weighted by molar-refractivity contribution is 5.96. The Morgan fingerprint density at radius 2 is 1.52 bits per heavy atom. The van der Waals surface area contributed by atoms with Gasteiger partial charge in [0.25, 0.3) is 0 Å². The fourth-order valence-electron chi connectivity index (χ4n) is 2.54. The Bertz CT molecular complexity index is 738. The zero-order valence-electron chi connectivity index (χ0n) is 14.8. The first-order chi connectivity index (χ1) is 12.9. The van der Waals surface area contributed by atoms with E-state index in [1.165, 1.54) is 5.56 Å². The van der Waals surface area contributed by atoms with Crippen LogP contribution in [0.3, 0.4) is 0 Å². The first-order valence-corrected chi connectivity index (χ1v) is 8.76. The number of rotatable bonds is 10. The lowest BCUT2D eigenvalue weighted by molar-refractivity contribution is -0.171. The molecule has 0 aliphatic rings. The summed E-state index contributed by atoms with van der Waals surface area (Å²) in [4.78, 5) is 22.8. The van der Waals surface area contributed by atoms with Gasteiger partial charge in [-0.3, -0.25) is 9.59 Å². The standard InChI is InChI=1S/C21H21F3O3/c22-21(23,24)20(26)10-4-9-19(25)17-11-13-18(14-12-17)27-15-5-8-16-6-2-1-3-7-16/h1-3,6-7,11-14H,4-5,8-10,15H2. The molecule has 0 aromatic heterocycles. The van der Waals surface area contributed by atoms with Crippen LogP contribution in [0.4, 0.5) is 13.2 Å². The van der Waals surface area contributed by atoms with E-state index >= 15 is 0 Å². The number of halogens is 3. The zero-order chi connectivity index (χ0) is 19.7. The molecular formula is C21H21F3O3. The molecule has 2 aromatic carbocycles. The second-order valence-electron chi connectivity index (χ2n) is 6.16. The highest BCUT2D eigenvalue weighted by atomic mass is 19.4. The van der Waals surface area contributed by atoms with Crippen LogP contribution in [0, 0.1) is 0 Å². The Balaban J connectivity index is 1.70. The van der Waals surface area contributed by atoms with E-state index in [-0.39, 0.29) is 18.6 Å². The molecule has 2 rings (SSSR count). The van der Waals surface area contributed by atoms with Gasteiger partial charge in [0, 0.05) is 18.4 Å². The van der Waals surface area contributed by atoms with Crippen molar-refractivity contribution in [3.8, 4) is 5.75 Å². The number of carbonyl (C=O) groups excluding carboxylic acids is 2. The van der Waals surface area contributed by atoms with Crippen molar-refractivity contribution in [2.45, 2.75) is 38.3 Å². The van der Waals surface area contributed by atoms with Gasteiger partial charge < -0.3 is 4.74 Å². The van der Waals surface area contributed by atoms with E-state index in [0.717, 1.165) is 12.8 Å². The molecule has 0 amide bonds. The number of hydrogen-bond donors (Lipinski definition) is 0. The van der Waals surface area contributed by atoms with Crippen molar-refractivity contribution < 1.29 is 27.5 Å². The Hall–Kier alpha value is -2.63. The maximum absolute atomic E-state index is 12.1. The predicted molar refractivity (Wildman–Crippen MR) is 95.9 cm³/mol. The van der Waals surface area contributed by atoms with Gasteiger partial charge >= 0.3 is 6.18 Å². The summed E-state index contributed by atoms with van der Waals surface area (Å²) >= 11 is 0. The molecule has 0 heterocycles. The smallest absolute Gasteiger partial charge is 0.449 e. The van der Waals surface area contributed by atoms with E-state index in [2.05, 4.69) is 12.1 Å². The number of aryl methyl sites for hydroxylation is 1. The molecule has 0 radical (unpaired) electrons. The topological polar surface area (TPSA) is 43.4 Å². The lowest BCUT2D eigenvalue weighted by Gasteiger charge is -2.08. The molecule has 27 heavy (non-hydrogen) atoms. The normalized spacial score (nSPS) is 11.2. The fourth-order valence-corrected chi connectivity index (χ4v) is 2.54. The molecule has 3 nitrogen and oxygen atoms in total. The lowest BCUT2D eigenvalue weighted by Crippen LogP contribution is -2.22. The molecule has 144 valence electrons. The van der Waals surface area contributed by atoms with E-state index in [1.807, 2.05) is 18.2 Å². The van der Waals surface area contributed by atoms with Gasteiger partial charge in [0.05, 0.1) is 6.61 Å². The quantitative estimate of drug-likeness (QED) is 0.422. The van der Waals surface area contributed by atoms with Crippen LogP contribution in [-0.2, 0) is 11.2 Å². The van der Waals surface area contributed by atoms with Crippen molar-refractivity contribution in [3.63, 3.8) is 0 Å². The van der Waals surface area contributed by atoms with E-state index in [1.54, 1.807) is 24.3 Å². The number of hydrogen-bond acceptors (Lipinski definition) is 3. The molecule has 0 aliphatic carbocycles. The van der Waals surface area contributed by atoms with Gasteiger partial charge in [-0.2, -0.15) is 13.2 Å². The van der Waals surface area contributed by atoms with Gasteiger partial charge in [-0.1, -0.05) is 30.3 Å². The molecule has 0 saturated heterocycles. The second kappa shape index (κ2) is 9.90. The number of benzene rings is 2. The van der Waals surface area contributed by atoms with E-state index in [0.29, 0.717) is 17.9 Å². The van der Waals surface area contributed by atoms with Crippen LogP contribution in [0.2, 0.25) is 0 Å². The molecule has 0 spiro atoms. The summed E-state index contributed by atoms with van der Waals surface area (Å²) in [5.74, 6) is -1.46. The van der Waals surface area contributed by atoms with Crippen molar-refractivity contribution >= 4 is 11.6 Å². The van der Waals surface area contributed by atoms with Crippen molar-refractivity contribution in [2.24, 2.45) is 0 Å². The maximum atomic E-state index is 12.1. The summed E-state index contributed by atoms with van der Waals surface area (Å²) in [6, 6.07) is 16.6. The van der Waals surface area contributed by atoms with Gasteiger partial charge in [0.1, 0.15) is 5.75 Å². The number of Topliss-reactive ketones (excluding diaryl/α,β-unsaturated/α-hetero) is 2. The van der Waals surface area contributed by atoms with Crippen LogP contribution < -0.4 is 4.74 Å². The molecule has 0 N–H and O–H groups in total.